The normalized spacial score (nSPS) is 10.9. The van der Waals surface area contributed by atoms with Gasteiger partial charge in [0.25, 0.3) is 10.0 Å². The van der Waals surface area contributed by atoms with Crippen molar-refractivity contribution in [2.45, 2.75) is 18.7 Å². The van der Waals surface area contributed by atoms with Crippen molar-refractivity contribution in [1.82, 2.24) is 14.5 Å². The van der Waals surface area contributed by atoms with Crippen molar-refractivity contribution in [1.29, 1.82) is 0 Å². The minimum Gasteiger partial charge on any atom is -0.494 e. The van der Waals surface area contributed by atoms with Crippen LogP contribution in [-0.2, 0) is 10.0 Å². The molecule has 0 saturated carbocycles. The molecule has 0 saturated heterocycles. The minimum absolute atomic E-state index is 0. The first-order chi connectivity index (χ1) is 12.3. The first kappa shape index (κ1) is 20.5. The molecule has 0 atom stereocenters. The molecule has 27 heavy (non-hydrogen) atoms. The van der Waals surface area contributed by atoms with E-state index < -0.39 is 10.0 Å². The van der Waals surface area contributed by atoms with Crippen molar-refractivity contribution in [3.8, 4) is 11.6 Å². The zero-order valence-corrected chi connectivity index (χ0v) is 16.6. The molecule has 2 aromatic heterocycles. The average Bonchev–Trinajstić information content (AvgIpc) is 3.02. The standard InChI is InChI=1S/C17H19N5O3S.ClH/c1-11-7-16(22-9-12(2)20-10-22)19-8-15(11)26(23,24)21-17-13(18)5-4-6-14(17)25-3;/h4-10,21H,18H2,1-3H3;1H. The molecule has 0 aliphatic carbocycles. The lowest BCUT2D eigenvalue weighted by atomic mass is 10.2. The number of imidazole rings is 1. The molecule has 0 fully saturated rings. The van der Waals surface area contributed by atoms with E-state index in [4.69, 9.17) is 10.5 Å². The largest absolute Gasteiger partial charge is 0.494 e. The second kappa shape index (κ2) is 7.85. The van der Waals surface area contributed by atoms with Crippen LogP contribution in [0.1, 0.15) is 11.3 Å². The van der Waals surface area contributed by atoms with Crippen LogP contribution in [-0.4, -0.2) is 30.1 Å². The highest BCUT2D eigenvalue weighted by atomic mass is 35.5. The summed E-state index contributed by atoms with van der Waals surface area (Å²) in [7, 11) is -2.44. The number of rotatable bonds is 5. The summed E-state index contributed by atoms with van der Waals surface area (Å²) >= 11 is 0. The number of nitrogen functional groups attached to an aromatic ring is 1. The Morgan fingerprint density at radius 3 is 2.56 bits per heavy atom. The number of sulfonamides is 1. The maximum Gasteiger partial charge on any atom is 0.263 e. The van der Waals surface area contributed by atoms with Crippen LogP contribution < -0.4 is 15.2 Å². The van der Waals surface area contributed by atoms with E-state index in [0.717, 1.165) is 5.69 Å². The fraction of sp³-hybridized carbons (Fsp3) is 0.176. The monoisotopic (exact) mass is 409 g/mol. The molecule has 8 nitrogen and oxygen atoms in total. The first-order valence-electron chi connectivity index (χ1n) is 7.74. The van der Waals surface area contributed by atoms with E-state index in [2.05, 4.69) is 14.7 Å². The zero-order valence-electron chi connectivity index (χ0n) is 15.0. The molecule has 0 bridgehead atoms. The SMILES string of the molecule is COc1cccc(N)c1NS(=O)(=O)c1cnc(-n2cnc(C)c2)cc1C.Cl. The number of pyridine rings is 1. The molecule has 3 rings (SSSR count). The van der Waals surface area contributed by atoms with Crippen molar-refractivity contribution >= 4 is 33.8 Å². The van der Waals surface area contributed by atoms with Crippen molar-refractivity contribution in [2.24, 2.45) is 0 Å². The third-order valence-corrected chi connectivity index (χ3v) is 5.31. The molecule has 1 aromatic carbocycles. The molecule has 3 aromatic rings. The summed E-state index contributed by atoms with van der Waals surface area (Å²) in [4.78, 5) is 8.44. The van der Waals surface area contributed by atoms with Crippen LogP contribution in [0.15, 0.2) is 47.9 Å². The Balaban J connectivity index is 0.00000261. The zero-order chi connectivity index (χ0) is 18.9. The van der Waals surface area contributed by atoms with E-state index in [1.54, 1.807) is 42.1 Å². The number of nitrogens with one attached hydrogen (secondary N) is 1. The third-order valence-electron chi connectivity index (χ3n) is 3.83. The van der Waals surface area contributed by atoms with Gasteiger partial charge in [-0.3, -0.25) is 9.29 Å². The molecule has 0 unspecified atom stereocenters. The van der Waals surface area contributed by atoms with E-state index in [9.17, 15) is 8.42 Å². The topological polar surface area (TPSA) is 112 Å². The van der Waals surface area contributed by atoms with E-state index >= 15 is 0 Å². The molecule has 0 aliphatic heterocycles. The minimum atomic E-state index is -3.89. The first-order valence-corrected chi connectivity index (χ1v) is 9.23. The van der Waals surface area contributed by atoms with Gasteiger partial charge in [0.1, 0.15) is 28.5 Å². The van der Waals surface area contributed by atoms with Gasteiger partial charge in [-0.15, -0.1) is 12.4 Å². The summed E-state index contributed by atoms with van der Waals surface area (Å²) in [6, 6.07) is 6.59. The van der Waals surface area contributed by atoms with Gasteiger partial charge in [0, 0.05) is 6.20 Å². The summed E-state index contributed by atoms with van der Waals surface area (Å²) in [5.41, 5.74) is 7.74. The van der Waals surface area contributed by atoms with E-state index in [-0.39, 0.29) is 28.7 Å². The molecule has 10 heteroatoms. The number of aryl methyl sites for hydroxylation is 2. The van der Waals surface area contributed by atoms with Gasteiger partial charge in [-0.25, -0.2) is 18.4 Å². The van der Waals surface area contributed by atoms with Crippen LogP contribution >= 0.6 is 12.4 Å². The number of halogens is 1. The molecule has 0 spiro atoms. The lowest BCUT2D eigenvalue weighted by Crippen LogP contribution is -2.16. The van der Waals surface area contributed by atoms with Gasteiger partial charge in [0.2, 0.25) is 0 Å². The highest BCUT2D eigenvalue weighted by molar-refractivity contribution is 7.92. The number of aromatic nitrogens is 3. The summed E-state index contributed by atoms with van der Waals surface area (Å²) in [6.45, 7) is 3.57. The molecule has 0 amide bonds. The molecule has 2 heterocycles. The number of para-hydroxylation sites is 1. The Kier molecular flexibility index (Phi) is 5.97. The van der Waals surface area contributed by atoms with Gasteiger partial charge >= 0.3 is 0 Å². The fourth-order valence-corrected chi connectivity index (χ4v) is 3.79. The van der Waals surface area contributed by atoms with Crippen molar-refractivity contribution < 1.29 is 13.2 Å². The van der Waals surface area contributed by atoms with Gasteiger partial charge in [-0.05, 0) is 37.6 Å². The summed E-state index contributed by atoms with van der Waals surface area (Å²) < 4.78 is 35.0. The number of hydrogen-bond donors (Lipinski definition) is 2. The van der Waals surface area contributed by atoms with Gasteiger partial charge < -0.3 is 10.5 Å². The molecular formula is C17H20ClN5O3S. The van der Waals surface area contributed by atoms with Gasteiger partial charge in [0.05, 0.1) is 24.7 Å². The highest BCUT2D eigenvalue weighted by Gasteiger charge is 2.21. The Hall–Kier alpha value is -2.78. The Morgan fingerprint density at radius 1 is 1.22 bits per heavy atom. The van der Waals surface area contributed by atoms with Crippen LogP contribution in [0.5, 0.6) is 5.75 Å². The smallest absolute Gasteiger partial charge is 0.263 e. The van der Waals surface area contributed by atoms with Crippen LogP contribution in [0.25, 0.3) is 5.82 Å². The number of anilines is 2. The summed E-state index contributed by atoms with van der Waals surface area (Å²) in [5.74, 6) is 0.920. The predicted molar refractivity (Wildman–Crippen MR) is 106 cm³/mol. The van der Waals surface area contributed by atoms with E-state index in [1.165, 1.54) is 13.3 Å². The van der Waals surface area contributed by atoms with Crippen LogP contribution in [0.2, 0.25) is 0 Å². The summed E-state index contributed by atoms with van der Waals surface area (Å²) in [5, 5.41) is 0. The van der Waals surface area contributed by atoms with Crippen molar-refractivity contribution in [2.75, 3.05) is 17.6 Å². The second-order valence-corrected chi connectivity index (χ2v) is 7.41. The van der Waals surface area contributed by atoms with Gasteiger partial charge in [0.15, 0.2) is 0 Å². The molecule has 144 valence electrons. The predicted octanol–water partition coefficient (Wildman–Crippen LogP) is 2.70. The highest BCUT2D eigenvalue weighted by Crippen LogP contribution is 2.32. The molecule has 3 N–H and O–H groups in total. The van der Waals surface area contributed by atoms with E-state index in [0.29, 0.717) is 17.1 Å². The number of methoxy groups -OCH3 is 1. The third kappa shape index (κ3) is 4.15. The van der Waals surface area contributed by atoms with Crippen LogP contribution in [0.4, 0.5) is 11.4 Å². The number of ether oxygens (including phenoxy) is 1. The second-order valence-electron chi connectivity index (χ2n) is 5.76. The number of nitrogens with two attached hydrogens (primary N) is 1. The molecular weight excluding hydrogens is 390 g/mol. The number of hydrogen-bond acceptors (Lipinski definition) is 6. The van der Waals surface area contributed by atoms with Crippen LogP contribution in [0.3, 0.4) is 0 Å². The quantitative estimate of drug-likeness (QED) is 0.626. The fourth-order valence-electron chi connectivity index (χ4n) is 2.51. The maximum atomic E-state index is 12.8. The van der Waals surface area contributed by atoms with Gasteiger partial charge in [-0.1, -0.05) is 6.07 Å². The van der Waals surface area contributed by atoms with Crippen molar-refractivity contribution in [3.05, 3.63) is 54.2 Å². The molecule has 0 radical (unpaired) electrons. The van der Waals surface area contributed by atoms with Crippen LogP contribution in [0, 0.1) is 13.8 Å². The number of benzene rings is 1. The summed E-state index contributed by atoms with van der Waals surface area (Å²) in [6.07, 6.45) is 4.75. The average molecular weight is 410 g/mol. The molecule has 0 aliphatic rings. The Morgan fingerprint density at radius 2 is 1.96 bits per heavy atom. The van der Waals surface area contributed by atoms with Gasteiger partial charge in [-0.2, -0.15) is 0 Å². The van der Waals surface area contributed by atoms with Crippen molar-refractivity contribution in [3.63, 3.8) is 0 Å². The lowest BCUT2D eigenvalue weighted by Gasteiger charge is -2.15. The van der Waals surface area contributed by atoms with E-state index in [1.807, 2.05) is 13.1 Å². The lowest BCUT2D eigenvalue weighted by molar-refractivity contribution is 0.417. The number of nitrogens with zero attached hydrogens (tertiary/aromatic N) is 3. The Labute approximate surface area is 163 Å². The maximum absolute atomic E-state index is 12.8. The Bertz CT molecular complexity index is 1070.